The SMILES string of the molecule is O=C(/C=C/c1ccc(COc2cccc(C(F)(F)F)c2)o1)c1ccc2c(c1)Nc1ccccc1S2. The van der Waals surface area contributed by atoms with E-state index in [1.54, 1.807) is 36.0 Å². The summed E-state index contributed by atoms with van der Waals surface area (Å²) in [4.78, 5) is 14.9. The first-order chi connectivity index (χ1) is 16.8. The van der Waals surface area contributed by atoms with E-state index in [4.69, 9.17) is 9.15 Å². The molecule has 0 saturated heterocycles. The highest BCUT2D eigenvalue weighted by Gasteiger charge is 2.30. The molecule has 1 N–H and O–H groups in total. The highest BCUT2D eigenvalue weighted by molar-refractivity contribution is 7.99. The third kappa shape index (κ3) is 5.27. The lowest BCUT2D eigenvalue weighted by atomic mass is 10.1. The number of hydrogen-bond donors (Lipinski definition) is 1. The molecule has 0 aliphatic carbocycles. The van der Waals surface area contributed by atoms with Gasteiger partial charge in [0, 0.05) is 15.4 Å². The number of anilines is 2. The van der Waals surface area contributed by atoms with Crippen LogP contribution in [-0.4, -0.2) is 5.78 Å². The predicted molar refractivity (Wildman–Crippen MR) is 128 cm³/mol. The van der Waals surface area contributed by atoms with Crippen LogP contribution in [0, 0.1) is 0 Å². The summed E-state index contributed by atoms with van der Waals surface area (Å²) in [7, 11) is 0. The van der Waals surface area contributed by atoms with Crippen molar-refractivity contribution in [1.29, 1.82) is 0 Å². The molecule has 176 valence electrons. The number of ketones is 1. The van der Waals surface area contributed by atoms with Crippen LogP contribution < -0.4 is 10.1 Å². The van der Waals surface area contributed by atoms with E-state index < -0.39 is 11.7 Å². The number of alkyl halides is 3. The summed E-state index contributed by atoms with van der Waals surface area (Å²) in [5.74, 6) is 0.756. The molecule has 8 heteroatoms. The van der Waals surface area contributed by atoms with Crippen molar-refractivity contribution in [1.82, 2.24) is 0 Å². The van der Waals surface area contributed by atoms with Gasteiger partial charge in [-0.3, -0.25) is 4.79 Å². The molecule has 0 fully saturated rings. The van der Waals surface area contributed by atoms with E-state index in [0.29, 0.717) is 17.1 Å². The Bertz CT molecular complexity index is 1430. The van der Waals surface area contributed by atoms with Crippen molar-refractivity contribution in [3.63, 3.8) is 0 Å². The lowest BCUT2D eigenvalue weighted by Gasteiger charge is -2.20. The van der Waals surface area contributed by atoms with E-state index in [-0.39, 0.29) is 18.1 Å². The van der Waals surface area contributed by atoms with Crippen molar-refractivity contribution in [2.24, 2.45) is 0 Å². The molecule has 0 amide bonds. The van der Waals surface area contributed by atoms with Crippen LogP contribution in [0.25, 0.3) is 6.08 Å². The molecule has 0 unspecified atom stereocenters. The number of fused-ring (bicyclic) bond motifs is 2. The standard InChI is InChI=1S/C27H18F3NO3S/c28-27(29,30)18-4-3-5-20(15-18)33-16-21-10-9-19(34-21)11-12-24(32)17-8-13-26-23(14-17)31-22-6-1-2-7-25(22)35-26/h1-15,31H,16H2/b12-11+. The number of allylic oxidation sites excluding steroid dienone is 1. The van der Waals surface area contributed by atoms with Crippen molar-refractivity contribution in [3.05, 3.63) is 108 Å². The fraction of sp³-hybridized carbons (Fsp3) is 0.0741. The van der Waals surface area contributed by atoms with Crippen molar-refractivity contribution in [3.8, 4) is 5.75 Å². The van der Waals surface area contributed by atoms with Crippen LogP contribution in [0.3, 0.4) is 0 Å². The highest BCUT2D eigenvalue weighted by Crippen LogP contribution is 2.44. The maximum atomic E-state index is 12.8. The Labute approximate surface area is 203 Å². The number of halogens is 3. The Balaban J connectivity index is 1.22. The topological polar surface area (TPSA) is 51.5 Å². The predicted octanol–water partition coefficient (Wildman–Crippen LogP) is 7.98. The first-order valence-corrected chi connectivity index (χ1v) is 11.5. The quantitative estimate of drug-likeness (QED) is 0.192. The monoisotopic (exact) mass is 493 g/mol. The number of nitrogens with one attached hydrogen (secondary N) is 1. The highest BCUT2D eigenvalue weighted by atomic mass is 32.2. The molecule has 1 aliphatic rings. The van der Waals surface area contributed by atoms with Gasteiger partial charge in [-0.2, -0.15) is 13.2 Å². The van der Waals surface area contributed by atoms with Gasteiger partial charge in [0.15, 0.2) is 5.78 Å². The van der Waals surface area contributed by atoms with Gasteiger partial charge in [-0.05, 0) is 72.8 Å². The summed E-state index contributed by atoms with van der Waals surface area (Å²) in [5.41, 5.74) is 1.63. The van der Waals surface area contributed by atoms with E-state index in [1.807, 2.05) is 36.4 Å². The zero-order valence-electron chi connectivity index (χ0n) is 18.1. The van der Waals surface area contributed by atoms with Gasteiger partial charge in [-0.1, -0.05) is 30.0 Å². The van der Waals surface area contributed by atoms with E-state index in [1.165, 1.54) is 18.2 Å². The largest absolute Gasteiger partial charge is 0.486 e. The van der Waals surface area contributed by atoms with E-state index in [2.05, 4.69) is 5.32 Å². The fourth-order valence-electron chi connectivity index (χ4n) is 3.52. The molecular formula is C27H18F3NO3S. The molecule has 0 spiro atoms. The second kappa shape index (κ2) is 9.38. The van der Waals surface area contributed by atoms with Gasteiger partial charge >= 0.3 is 6.18 Å². The Morgan fingerprint density at radius 1 is 0.943 bits per heavy atom. The van der Waals surface area contributed by atoms with Crippen molar-refractivity contribution in [2.45, 2.75) is 22.6 Å². The summed E-state index contributed by atoms with van der Waals surface area (Å²) in [6.45, 7) is -0.0429. The number of carbonyl (C=O) groups is 1. The van der Waals surface area contributed by atoms with Gasteiger partial charge in [-0.25, -0.2) is 0 Å². The van der Waals surface area contributed by atoms with Crippen molar-refractivity contribution < 1.29 is 27.1 Å². The fourth-order valence-corrected chi connectivity index (χ4v) is 4.49. The number of furan rings is 1. The van der Waals surface area contributed by atoms with Gasteiger partial charge in [0.05, 0.1) is 16.9 Å². The first-order valence-electron chi connectivity index (χ1n) is 10.6. The van der Waals surface area contributed by atoms with Gasteiger partial charge in [0.1, 0.15) is 23.9 Å². The molecule has 3 aromatic carbocycles. The molecule has 0 saturated carbocycles. The average Bonchev–Trinajstić information content (AvgIpc) is 3.32. The van der Waals surface area contributed by atoms with Crippen molar-refractivity contribution >= 4 is 35.0 Å². The molecule has 2 heterocycles. The minimum atomic E-state index is -4.44. The van der Waals surface area contributed by atoms with Crippen LogP contribution in [-0.2, 0) is 12.8 Å². The Kier molecular flexibility index (Phi) is 6.13. The Morgan fingerprint density at radius 2 is 1.77 bits per heavy atom. The minimum absolute atomic E-state index is 0.0429. The molecule has 1 aliphatic heterocycles. The van der Waals surface area contributed by atoms with Crippen LogP contribution in [0.1, 0.15) is 27.4 Å². The van der Waals surface area contributed by atoms with Gasteiger partial charge in [-0.15, -0.1) is 0 Å². The van der Waals surface area contributed by atoms with E-state index >= 15 is 0 Å². The molecule has 0 bridgehead atoms. The number of ether oxygens (including phenoxy) is 1. The summed E-state index contributed by atoms with van der Waals surface area (Å²) < 4.78 is 49.5. The zero-order chi connectivity index (χ0) is 24.4. The lowest BCUT2D eigenvalue weighted by Crippen LogP contribution is -2.05. The molecule has 1 aromatic heterocycles. The molecule has 0 radical (unpaired) electrons. The maximum absolute atomic E-state index is 12.8. The molecule has 4 nitrogen and oxygen atoms in total. The third-order valence-electron chi connectivity index (χ3n) is 5.26. The lowest BCUT2D eigenvalue weighted by molar-refractivity contribution is -0.137. The van der Waals surface area contributed by atoms with Gasteiger partial charge in [0.25, 0.3) is 0 Å². The maximum Gasteiger partial charge on any atom is 0.416 e. The average molecular weight is 494 g/mol. The number of benzene rings is 3. The van der Waals surface area contributed by atoms with Crippen LogP contribution in [0.5, 0.6) is 5.75 Å². The van der Waals surface area contributed by atoms with Crippen molar-refractivity contribution in [2.75, 3.05) is 5.32 Å². The van der Waals surface area contributed by atoms with Crippen LogP contribution in [0.2, 0.25) is 0 Å². The van der Waals surface area contributed by atoms with Crippen LogP contribution >= 0.6 is 11.8 Å². The Morgan fingerprint density at radius 3 is 2.63 bits per heavy atom. The third-order valence-corrected chi connectivity index (χ3v) is 6.42. The number of para-hydroxylation sites is 1. The van der Waals surface area contributed by atoms with Crippen LogP contribution in [0.15, 0.2) is 99.1 Å². The van der Waals surface area contributed by atoms with E-state index in [9.17, 15) is 18.0 Å². The molecule has 4 aromatic rings. The number of hydrogen-bond acceptors (Lipinski definition) is 5. The summed E-state index contributed by atoms with van der Waals surface area (Å²) in [5, 5.41) is 3.36. The smallest absolute Gasteiger partial charge is 0.416 e. The molecule has 5 rings (SSSR count). The Hall–Kier alpha value is -3.91. The van der Waals surface area contributed by atoms with Gasteiger partial charge in [0.2, 0.25) is 0 Å². The molecule has 0 atom stereocenters. The van der Waals surface area contributed by atoms with E-state index in [0.717, 1.165) is 33.3 Å². The van der Waals surface area contributed by atoms with Crippen LogP contribution in [0.4, 0.5) is 24.5 Å². The normalized spacial score (nSPS) is 12.7. The minimum Gasteiger partial charge on any atom is -0.486 e. The summed E-state index contributed by atoms with van der Waals surface area (Å²) in [6.07, 6.45) is -1.47. The summed E-state index contributed by atoms with van der Waals surface area (Å²) >= 11 is 1.65. The number of carbonyl (C=O) groups excluding carboxylic acids is 1. The molecular weight excluding hydrogens is 475 g/mol. The second-order valence-corrected chi connectivity index (χ2v) is 8.83. The van der Waals surface area contributed by atoms with Gasteiger partial charge < -0.3 is 14.5 Å². The first kappa shape index (κ1) is 22.9. The summed E-state index contributed by atoms with van der Waals surface area (Å²) in [6, 6.07) is 21.5. The zero-order valence-corrected chi connectivity index (χ0v) is 19.0. The second-order valence-electron chi connectivity index (χ2n) is 7.75. The molecule has 35 heavy (non-hydrogen) atoms. The number of rotatable bonds is 6.